The molecule has 2 aromatic carbocycles. The number of benzene rings is 2. The molecule has 0 saturated heterocycles. The summed E-state index contributed by atoms with van der Waals surface area (Å²) in [5, 5.41) is 13.5. The Morgan fingerprint density at radius 1 is 1.10 bits per heavy atom. The van der Waals surface area contributed by atoms with Gasteiger partial charge in [-0.15, -0.1) is 0 Å². The van der Waals surface area contributed by atoms with Gasteiger partial charge in [-0.25, -0.2) is 4.79 Å². The van der Waals surface area contributed by atoms with Crippen molar-refractivity contribution in [3.05, 3.63) is 63.7 Å². The molecule has 8 nitrogen and oxygen atoms in total. The molecule has 0 aliphatic heterocycles. The predicted octanol–water partition coefficient (Wildman–Crippen LogP) is 3.98. The fraction of sp³-hybridized carbons (Fsp3) is 0.333. The minimum Gasteiger partial charge on any atom is -0.482 e. The van der Waals surface area contributed by atoms with Crippen molar-refractivity contribution in [2.45, 2.75) is 39.7 Å². The van der Waals surface area contributed by atoms with Gasteiger partial charge in [-0.05, 0) is 43.0 Å². The normalized spacial score (nSPS) is 11.6. The average molecular weight is 400 g/mol. The first-order valence-corrected chi connectivity index (χ1v) is 9.16. The molecule has 8 heteroatoms. The van der Waals surface area contributed by atoms with Gasteiger partial charge in [-0.3, -0.25) is 14.9 Å². The Labute approximate surface area is 169 Å². The molecule has 29 heavy (non-hydrogen) atoms. The lowest BCUT2D eigenvalue weighted by Crippen LogP contribution is -2.32. The number of amides is 1. The Bertz CT molecular complexity index is 893. The third-order valence-electron chi connectivity index (χ3n) is 4.26. The fourth-order valence-electron chi connectivity index (χ4n) is 2.66. The highest BCUT2D eigenvalue weighted by atomic mass is 16.6. The van der Waals surface area contributed by atoms with Gasteiger partial charge >= 0.3 is 5.97 Å². The number of nitrogens with zero attached hydrogens (tertiary/aromatic N) is 1. The van der Waals surface area contributed by atoms with Crippen LogP contribution in [0.5, 0.6) is 5.75 Å². The van der Waals surface area contributed by atoms with Gasteiger partial charge in [0.15, 0.2) is 12.7 Å². The Balaban J connectivity index is 1.91. The summed E-state index contributed by atoms with van der Waals surface area (Å²) in [6.45, 7) is 7.02. The van der Waals surface area contributed by atoms with Crippen molar-refractivity contribution >= 4 is 23.3 Å². The molecule has 0 fully saturated rings. The van der Waals surface area contributed by atoms with Crippen molar-refractivity contribution in [3.8, 4) is 5.75 Å². The van der Waals surface area contributed by atoms with Gasteiger partial charge in [0.05, 0.1) is 4.92 Å². The van der Waals surface area contributed by atoms with E-state index in [9.17, 15) is 19.7 Å². The lowest BCUT2D eigenvalue weighted by atomic mass is 9.98. The first-order valence-electron chi connectivity index (χ1n) is 9.16. The number of nitro groups is 1. The molecule has 154 valence electrons. The van der Waals surface area contributed by atoms with Crippen molar-refractivity contribution in [1.82, 2.24) is 0 Å². The second kappa shape index (κ2) is 9.68. The third kappa shape index (κ3) is 6.03. The maximum absolute atomic E-state index is 12.5. The molecule has 0 aliphatic rings. The Kier molecular flexibility index (Phi) is 7.30. The molecule has 0 radical (unpaired) electrons. The average Bonchev–Trinajstić information content (AvgIpc) is 2.67. The second-order valence-electron chi connectivity index (χ2n) is 6.85. The van der Waals surface area contributed by atoms with Crippen LogP contribution < -0.4 is 10.1 Å². The van der Waals surface area contributed by atoms with Gasteiger partial charge in [-0.1, -0.05) is 32.0 Å². The molecule has 0 aromatic heterocycles. The monoisotopic (exact) mass is 400 g/mol. The minimum absolute atomic E-state index is 0.0813. The van der Waals surface area contributed by atoms with Crippen LogP contribution in [0.1, 0.15) is 37.8 Å². The number of rotatable bonds is 8. The maximum atomic E-state index is 12.5. The van der Waals surface area contributed by atoms with Crippen LogP contribution in [-0.4, -0.2) is 29.5 Å². The number of carbonyl (C=O) groups excluding carboxylic acids is 2. The second-order valence-corrected chi connectivity index (χ2v) is 6.85. The van der Waals surface area contributed by atoms with E-state index >= 15 is 0 Å². The van der Waals surface area contributed by atoms with Gasteiger partial charge in [0.2, 0.25) is 0 Å². The van der Waals surface area contributed by atoms with Crippen LogP contribution in [0.3, 0.4) is 0 Å². The fourth-order valence-corrected chi connectivity index (χ4v) is 2.66. The number of esters is 1. The van der Waals surface area contributed by atoms with Crippen molar-refractivity contribution in [3.63, 3.8) is 0 Å². The topological polar surface area (TPSA) is 108 Å². The van der Waals surface area contributed by atoms with E-state index < -0.39 is 29.5 Å². The molecule has 1 amide bonds. The van der Waals surface area contributed by atoms with E-state index in [0.717, 1.165) is 16.8 Å². The van der Waals surface area contributed by atoms with Crippen molar-refractivity contribution < 1.29 is 24.0 Å². The van der Waals surface area contributed by atoms with E-state index in [0.29, 0.717) is 0 Å². The van der Waals surface area contributed by atoms with Crippen LogP contribution in [0.25, 0.3) is 0 Å². The number of ether oxygens (including phenoxy) is 2. The summed E-state index contributed by atoms with van der Waals surface area (Å²) in [5.41, 5.74) is 2.56. The third-order valence-corrected chi connectivity index (χ3v) is 4.26. The van der Waals surface area contributed by atoms with Gasteiger partial charge in [0.1, 0.15) is 5.75 Å². The van der Waals surface area contributed by atoms with Gasteiger partial charge < -0.3 is 14.8 Å². The zero-order chi connectivity index (χ0) is 21.6. The summed E-state index contributed by atoms with van der Waals surface area (Å²) < 4.78 is 10.4. The number of non-ortho nitro benzene ring substituents is 1. The summed E-state index contributed by atoms with van der Waals surface area (Å²) >= 11 is 0. The molecule has 2 aromatic rings. The zero-order valence-electron chi connectivity index (χ0n) is 16.8. The lowest BCUT2D eigenvalue weighted by Gasteiger charge is -2.19. The van der Waals surface area contributed by atoms with Crippen molar-refractivity contribution in [1.29, 1.82) is 0 Å². The van der Waals surface area contributed by atoms with E-state index in [1.807, 2.05) is 39.0 Å². The van der Waals surface area contributed by atoms with E-state index in [2.05, 4.69) is 5.32 Å². The molecule has 0 heterocycles. The molecule has 1 N–H and O–H groups in total. The number of para-hydroxylation sites is 1. The summed E-state index contributed by atoms with van der Waals surface area (Å²) in [4.78, 5) is 34.5. The molecule has 0 bridgehead atoms. The number of hydrogen-bond acceptors (Lipinski definition) is 6. The Morgan fingerprint density at radius 2 is 1.76 bits per heavy atom. The van der Waals surface area contributed by atoms with Crippen LogP contribution in [0.15, 0.2) is 42.5 Å². The number of nitro benzene ring substituents is 1. The Morgan fingerprint density at radius 3 is 2.34 bits per heavy atom. The first-order chi connectivity index (χ1) is 13.7. The first kappa shape index (κ1) is 21.9. The summed E-state index contributed by atoms with van der Waals surface area (Å²) in [5.74, 6) is -0.658. The number of hydrogen-bond donors (Lipinski definition) is 1. The van der Waals surface area contributed by atoms with Crippen LogP contribution >= 0.6 is 0 Å². The van der Waals surface area contributed by atoms with Crippen LogP contribution in [-0.2, 0) is 14.3 Å². The van der Waals surface area contributed by atoms with E-state index in [4.69, 9.17) is 9.47 Å². The maximum Gasteiger partial charge on any atom is 0.344 e. The quantitative estimate of drug-likeness (QED) is 0.408. The van der Waals surface area contributed by atoms with E-state index in [1.165, 1.54) is 31.2 Å². The Hall–Kier alpha value is -3.42. The van der Waals surface area contributed by atoms with E-state index in [-0.39, 0.29) is 17.4 Å². The zero-order valence-corrected chi connectivity index (χ0v) is 16.8. The van der Waals surface area contributed by atoms with Gasteiger partial charge in [0, 0.05) is 17.8 Å². The molecular weight excluding hydrogens is 376 g/mol. The van der Waals surface area contributed by atoms with Gasteiger partial charge in [-0.2, -0.15) is 0 Å². The predicted molar refractivity (Wildman–Crippen MR) is 108 cm³/mol. The summed E-state index contributed by atoms with van der Waals surface area (Å²) in [7, 11) is 0. The molecule has 0 spiro atoms. The highest BCUT2D eigenvalue weighted by molar-refractivity contribution is 5.96. The standard InChI is InChI=1S/C21H24N2O6/c1-13(2)18-7-5-6-14(3)20(18)22-21(25)15(4)29-19(24)12-28-17-10-8-16(9-11-17)23(26)27/h5-11,13,15H,12H2,1-4H3,(H,22,25)/t15-/m0/s1. The molecular formula is C21H24N2O6. The minimum atomic E-state index is -1.01. The van der Waals surface area contributed by atoms with E-state index in [1.54, 1.807) is 0 Å². The number of carbonyl (C=O) groups is 2. The largest absolute Gasteiger partial charge is 0.482 e. The van der Waals surface area contributed by atoms with Crippen LogP contribution in [0.2, 0.25) is 0 Å². The van der Waals surface area contributed by atoms with Crippen molar-refractivity contribution in [2.24, 2.45) is 0 Å². The van der Waals surface area contributed by atoms with Crippen LogP contribution in [0.4, 0.5) is 11.4 Å². The molecule has 2 rings (SSSR count). The molecule has 1 atom stereocenters. The van der Waals surface area contributed by atoms with Crippen LogP contribution in [0, 0.1) is 17.0 Å². The summed E-state index contributed by atoms with van der Waals surface area (Å²) in [6, 6.07) is 11.1. The summed E-state index contributed by atoms with van der Waals surface area (Å²) in [6.07, 6.45) is -1.01. The van der Waals surface area contributed by atoms with Crippen molar-refractivity contribution in [2.75, 3.05) is 11.9 Å². The highest BCUT2D eigenvalue weighted by Crippen LogP contribution is 2.27. The highest BCUT2D eigenvalue weighted by Gasteiger charge is 2.20. The number of aryl methyl sites for hydroxylation is 1. The smallest absolute Gasteiger partial charge is 0.344 e. The number of nitrogens with one attached hydrogen (secondary N) is 1. The lowest BCUT2D eigenvalue weighted by molar-refractivity contribution is -0.384. The molecule has 0 aliphatic carbocycles. The molecule has 0 saturated carbocycles. The SMILES string of the molecule is Cc1cccc(C(C)C)c1NC(=O)[C@H](C)OC(=O)COc1ccc([N+](=O)[O-])cc1. The van der Waals surface area contributed by atoms with Gasteiger partial charge in [0.25, 0.3) is 11.6 Å². The number of anilines is 1. The molecule has 0 unspecified atom stereocenters.